The molecule has 1 aromatic carbocycles. The number of H-pyrrole nitrogens is 1. The van der Waals surface area contributed by atoms with E-state index in [2.05, 4.69) is 22.2 Å². The second-order valence-corrected chi connectivity index (χ2v) is 6.01. The summed E-state index contributed by atoms with van der Waals surface area (Å²) in [5.74, 6) is -0.431. The van der Waals surface area contributed by atoms with Crippen molar-refractivity contribution in [2.75, 3.05) is 5.32 Å². The van der Waals surface area contributed by atoms with Gasteiger partial charge >= 0.3 is 5.76 Å². The first-order valence-corrected chi connectivity index (χ1v) is 7.18. The monoisotopic (exact) mass is 289 g/mol. The maximum Gasteiger partial charge on any atom is 0.417 e. The van der Waals surface area contributed by atoms with Crippen molar-refractivity contribution in [3.63, 3.8) is 0 Å². The molecule has 5 nitrogen and oxygen atoms in total. The average Bonchev–Trinajstić information content (AvgIpc) is 2.90. The average molecular weight is 289 g/mol. The molecule has 0 saturated heterocycles. The molecule has 0 radical (unpaired) electrons. The van der Waals surface area contributed by atoms with Crippen LogP contribution in [0.2, 0.25) is 0 Å². The predicted octanol–water partition coefficient (Wildman–Crippen LogP) is 3.37. The smallest absolute Gasteiger partial charge is 0.408 e. The lowest BCUT2D eigenvalue weighted by atomic mass is 10.2. The van der Waals surface area contributed by atoms with Crippen LogP contribution in [0.5, 0.6) is 0 Å². The van der Waals surface area contributed by atoms with Crippen LogP contribution in [-0.2, 0) is 0 Å². The van der Waals surface area contributed by atoms with Crippen LogP contribution in [0.3, 0.4) is 0 Å². The Morgan fingerprint density at radius 2 is 2.20 bits per heavy atom. The molecule has 0 saturated carbocycles. The van der Waals surface area contributed by atoms with Gasteiger partial charge in [-0.2, -0.15) is 0 Å². The molecule has 104 valence electrons. The van der Waals surface area contributed by atoms with Crippen molar-refractivity contribution >= 4 is 28.1 Å². The Bertz CT molecular complexity index is 815. The van der Waals surface area contributed by atoms with Gasteiger partial charge in [0.05, 0.1) is 22.3 Å². The molecule has 2 heterocycles. The summed E-state index contributed by atoms with van der Waals surface area (Å²) >= 11 is 1.70. The van der Waals surface area contributed by atoms with Crippen LogP contribution in [0, 0.1) is 13.8 Å². The summed E-state index contributed by atoms with van der Waals surface area (Å²) in [5.41, 5.74) is 3.26. The van der Waals surface area contributed by atoms with E-state index >= 15 is 0 Å². The molecule has 0 spiro atoms. The third-order valence-electron chi connectivity index (χ3n) is 3.13. The van der Waals surface area contributed by atoms with Gasteiger partial charge in [0.1, 0.15) is 0 Å². The normalized spacial score (nSPS) is 12.8. The van der Waals surface area contributed by atoms with Crippen LogP contribution < -0.4 is 11.1 Å². The summed E-state index contributed by atoms with van der Waals surface area (Å²) < 4.78 is 4.99. The lowest BCUT2D eigenvalue weighted by Crippen LogP contribution is -2.06. The summed E-state index contributed by atoms with van der Waals surface area (Å²) in [5, 5.41) is 4.49. The van der Waals surface area contributed by atoms with Gasteiger partial charge in [-0.1, -0.05) is 0 Å². The molecule has 2 N–H and O–H groups in total. The third kappa shape index (κ3) is 2.34. The van der Waals surface area contributed by atoms with Crippen molar-refractivity contribution in [3.05, 3.63) is 44.3 Å². The highest BCUT2D eigenvalue weighted by Gasteiger charge is 2.13. The van der Waals surface area contributed by atoms with E-state index in [0.29, 0.717) is 11.1 Å². The molecule has 0 fully saturated rings. The minimum atomic E-state index is -0.431. The van der Waals surface area contributed by atoms with E-state index in [1.165, 1.54) is 4.88 Å². The standard InChI is InChI=1S/C14H15N3O2S/c1-7-13(20-9(3)15-7)8(2)16-10-4-5-12-11(6-10)17-14(18)19-12/h4-6,8,16H,1-3H3,(H,17,18). The largest absolute Gasteiger partial charge is 0.417 e. The molecule has 0 bridgehead atoms. The van der Waals surface area contributed by atoms with Crippen LogP contribution >= 0.6 is 11.3 Å². The maximum absolute atomic E-state index is 11.1. The Morgan fingerprint density at radius 3 is 2.90 bits per heavy atom. The quantitative estimate of drug-likeness (QED) is 0.775. The first kappa shape index (κ1) is 12.9. The molecular formula is C14H15N3O2S. The topological polar surface area (TPSA) is 70.9 Å². The molecule has 1 unspecified atom stereocenters. The number of benzene rings is 1. The maximum atomic E-state index is 11.1. The Kier molecular flexibility index (Phi) is 3.10. The van der Waals surface area contributed by atoms with E-state index in [1.54, 1.807) is 17.4 Å². The van der Waals surface area contributed by atoms with Gasteiger partial charge in [0.15, 0.2) is 5.58 Å². The fourth-order valence-corrected chi connectivity index (χ4v) is 3.24. The zero-order valence-corrected chi connectivity index (χ0v) is 12.3. The van der Waals surface area contributed by atoms with Gasteiger partial charge in [-0.15, -0.1) is 11.3 Å². The lowest BCUT2D eigenvalue weighted by Gasteiger charge is -2.14. The lowest BCUT2D eigenvalue weighted by molar-refractivity contribution is 0.555. The number of oxazole rings is 1. The summed E-state index contributed by atoms with van der Waals surface area (Å²) in [4.78, 5) is 19.5. The van der Waals surface area contributed by atoms with Crippen LogP contribution in [0.1, 0.15) is 28.5 Å². The Labute approximate surface area is 119 Å². The highest BCUT2D eigenvalue weighted by Crippen LogP contribution is 2.28. The molecule has 3 aromatic rings. The number of nitrogens with one attached hydrogen (secondary N) is 2. The van der Waals surface area contributed by atoms with E-state index in [9.17, 15) is 4.79 Å². The number of aryl methyl sites for hydroxylation is 2. The fraction of sp³-hybridized carbons (Fsp3) is 0.286. The van der Waals surface area contributed by atoms with Gasteiger partial charge in [0.2, 0.25) is 0 Å². The SMILES string of the molecule is Cc1nc(C)c(C(C)Nc2ccc3oc(=O)[nH]c3c2)s1. The number of hydrogen-bond acceptors (Lipinski definition) is 5. The summed E-state index contributed by atoms with van der Waals surface area (Å²) in [6, 6.07) is 5.73. The van der Waals surface area contributed by atoms with Gasteiger partial charge in [-0.05, 0) is 39.0 Å². The molecule has 0 aliphatic carbocycles. The number of nitrogens with zero attached hydrogens (tertiary/aromatic N) is 1. The fourth-order valence-electron chi connectivity index (χ4n) is 2.31. The zero-order valence-electron chi connectivity index (χ0n) is 11.5. The molecular weight excluding hydrogens is 274 g/mol. The first-order valence-electron chi connectivity index (χ1n) is 6.36. The molecule has 2 aromatic heterocycles. The molecule has 6 heteroatoms. The number of fused-ring (bicyclic) bond motifs is 1. The molecule has 0 amide bonds. The van der Waals surface area contributed by atoms with Crippen molar-refractivity contribution in [1.29, 1.82) is 0 Å². The van der Waals surface area contributed by atoms with Crippen LogP contribution in [0.25, 0.3) is 11.1 Å². The van der Waals surface area contributed by atoms with Gasteiger partial charge < -0.3 is 9.73 Å². The van der Waals surface area contributed by atoms with Gasteiger partial charge in [0.25, 0.3) is 0 Å². The molecule has 1 atom stereocenters. The van der Waals surface area contributed by atoms with E-state index in [0.717, 1.165) is 16.4 Å². The summed E-state index contributed by atoms with van der Waals surface area (Å²) in [7, 11) is 0. The zero-order chi connectivity index (χ0) is 14.3. The Hall–Kier alpha value is -2.08. The van der Waals surface area contributed by atoms with Crippen molar-refractivity contribution in [2.45, 2.75) is 26.8 Å². The third-order valence-corrected chi connectivity index (χ3v) is 4.39. The highest BCUT2D eigenvalue weighted by molar-refractivity contribution is 7.11. The number of hydrogen-bond donors (Lipinski definition) is 2. The van der Waals surface area contributed by atoms with E-state index in [4.69, 9.17) is 4.42 Å². The van der Waals surface area contributed by atoms with Crippen LogP contribution in [-0.4, -0.2) is 9.97 Å². The van der Waals surface area contributed by atoms with E-state index < -0.39 is 5.76 Å². The van der Waals surface area contributed by atoms with Gasteiger partial charge in [-0.3, -0.25) is 4.98 Å². The van der Waals surface area contributed by atoms with E-state index in [-0.39, 0.29) is 6.04 Å². The predicted molar refractivity (Wildman–Crippen MR) is 80.5 cm³/mol. The molecule has 0 aliphatic heterocycles. The summed E-state index contributed by atoms with van der Waals surface area (Å²) in [6.07, 6.45) is 0. The number of aromatic amines is 1. The Morgan fingerprint density at radius 1 is 1.40 bits per heavy atom. The van der Waals surface area contributed by atoms with Crippen LogP contribution in [0.15, 0.2) is 27.4 Å². The highest BCUT2D eigenvalue weighted by atomic mass is 32.1. The number of aromatic nitrogens is 2. The van der Waals surface area contributed by atoms with Gasteiger partial charge in [-0.25, -0.2) is 9.78 Å². The van der Waals surface area contributed by atoms with E-state index in [1.807, 2.05) is 26.0 Å². The minimum absolute atomic E-state index is 0.164. The van der Waals surface area contributed by atoms with Crippen molar-refractivity contribution in [2.24, 2.45) is 0 Å². The van der Waals surface area contributed by atoms with Gasteiger partial charge in [0, 0.05) is 10.6 Å². The minimum Gasteiger partial charge on any atom is -0.408 e. The van der Waals surface area contributed by atoms with Crippen LogP contribution in [0.4, 0.5) is 5.69 Å². The van der Waals surface area contributed by atoms with Crippen molar-refractivity contribution < 1.29 is 4.42 Å². The van der Waals surface area contributed by atoms with Crippen molar-refractivity contribution in [1.82, 2.24) is 9.97 Å². The molecule has 20 heavy (non-hydrogen) atoms. The first-order chi connectivity index (χ1) is 9.52. The number of rotatable bonds is 3. The molecule has 0 aliphatic rings. The second-order valence-electron chi connectivity index (χ2n) is 4.77. The second kappa shape index (κ2) is 4.79. The summed E-state index contributed by atoms with van der Waals surface area (Å²) in [6.45, 7) is 6.13. The van der Waals surface area contributed by atoms with Crippen molar-refractivity contribution in [3.8, 4) is 0 Å². The molecule has 3 rings (SSSR count). The number of thiazole rings is 1. The Balaban J connectivity index is 1.88. The number of anilines is 1.